The van der Waals surface area contributed by atoms with Gasteiger partial charge in [-0.05, 0) is 23.6 Å². The smallest absolute Gasteiger partial charge is 0.0487 e. The summed E-state index contributed by atoms with van der Waals surface area (Å²) in [5, 5.41) is 0.777. The Kier molecular flexibility index (Phi) is 5.00. The average molecular weight is 269 g/mol. The molecule has 19 heavy (non-hydrogen) atoms. The summed E-state index contributed by atoms with van der Waals surface area (Å²) in [5.41, 5.74) is 3.35. The molecule has 0 fully saturated rings. The highest BCUT2D eigenvalue weighted by Gasteiger charge is 2.08. The summed E-state index contributed by atoms with van der Waals surface area (Å²) in [6.07, 6.45) is 5.04. The largest absolute Gasteiger partial charge is 0.0837 e. The van der Waals surface area contributed by atoms with Gasteiger partial charge in [0.1, 0.15) is 0 Å². The summed E-state index contributed by atoms with van der Waals surface area (Å²) in [6, 6.07) is 20.5. The second kappa shape index (κ2) is 6.96. The lowest BCUT2D eigenvalue weighted by Gasteiger charge is -2.10. The molecule has 0 N–H and O–H groups in total. The van der Waals surface area contributed by atoms with Gasteiger partial charge in [0.2, 0.25) is 0 Å². The average Bonchev–Trinajstić information content (AvgIpc) is 2.47. The number of rotatable bonds is 4. The van der Waals surface area contributed by atoms with E-state index in [4.69, 9.17) is 11.6 Å². The highest BCUT2D eigenvalue weighted by molar-refractivity contribution is 6.35. The Morgan fingerprint density at radius 2 is 1.37 bits per heavy atom. The molecule has 0 saturated carbocycles. The molecule has 0 nitrogen and oxygen atoms in total. The predicted octanol–water partition coefficient (Wildman–Crippen LogP) is 5.65. The first-order valence-electron chi connectivity index (χ1n) is 6.50. The fraction of sp³-hybridized carbons (Fsp3) is 0.111. The number of halogens is 1. The minimum absolute atomic E-state index is 0.777. The van der Waals surface area contributed by atoms with Crippen molar-refractivity contribution in [2.45, 2.75) is 13.3 Å². The summed E-state index contributed by atoms with van der Waals surface area (Å²) in [6.45, 7) is 2.10. The van der Waals surface area contributed by atoms with Crippen LogP contribution in [0, 0.1) is 0 Å². The van der Waals surface area contributed by atoms with Crippen molar-refractivity contribution in [1.82, 2.24) is 0 Å². The standard InChI is InChI=1S/C18H17Cl/c1-2-3-14-17(19)18(15-10-6-4-7-11-15)16-12-8-5-9-13-16/h3-14H,2H2,1H3. The maximum atomic E-state index is 6.49. The monoisotopic (exact) mass is 268 g/mol. The molecular weight excluding hydrogens is 252 g/mol. The van der Waals surface area contributed by atoms with Crippen molar-refractivity contribution in [3.8, 4) is 0 Å². The van der Waals surface area contributed by atoms with E-state index in [1.807, 2.05) is 42.5 Å². The van der Waals surface area contributed by atoms with E-state index in [1.54, 1.807) is 0 Å². The molecule has 0 radical (unpaired) electrons. The molecule has 0 spiro atoms. The van der Waals surface area contributed by atoms with E-state index in [2.05, 4.69) is 37.3 Å². The normalized spacial score (nSPS) is 10.6. The summed E-state index contributed by atoms with van der Waals surface area (Å²) in [5.74, 6) is 0. The van der Waals surface area contributed by atoms with Gasteiger partial charge in [-0.3, -0.25) is 0 Å². The Hall–Kier alpha value is -1.79. The van der Waals surface area contributed by atoms with Gasteiger partial charge in [-0.1, -0.05) is 85.3 Å². The van der Waals surface area contributed by atoms with Crippen LogP contribution in [-0.4, -0.2) is 0 Å². The molecular formula is C18H17Cl. The Balaban J connectivity index is 2.55. The first-order valence-corrected chi connectivity index (χ1v) is 6.88. The lowest BCUT2D eigenvalue weighted by molar-refractivity contribution is 1.22. The van der Waals surface area contributed by atoms with Crippen LogP contribution < -0.4 is 0 Å². The van der Waals surface area contributed by atoms with E-state index in [9.17, 15) is 0 Å². The zero-order chi connectivity index (χ0) is 13.5. The van der Waals surface area contributed by atoms with Gasteiger partial charge in [0.05, 0.1) is 0 Å². The van der Waals surface area contributed by atoms with Gasteiger partial charge in [0.15, 0.2) is 0 Å². The van der Waals surface area contributed by atoms with Crippen molar-refractivity contribution in [3.63, 3.8) is 0 Å². The molecule has 0 unspecified atom stereocenters. The summed E-state index contributed by atoms with van der Waals surface area (Å²) in [7, 11) is 0. The molecule has 0 heterocycles. The van der Waals surface area contributed by atoms with Crippen LogP contribution >= 0.6 is 11.6 Å². The number of allylic oxidation sites excluding steroid dienone is 3. The van der Waals surface area contributed by atoms with Crippen molar-refractivity contribution < 1.29 is 0 Å². The zero-order valence-electron chi connectivity index (χ0n) is 11.0. The summed E-state index contributed by atoms with van der Waals surface area (Å²) >= 11 is 6.49. The van der Waals surface area contributed by atoms with Crippen LogP contribution in [-0.2, 0) is 0 Å². The number of hydrogen-bond donors (Lipinski definition) is 0. The van der Waals surface area contributed by atoms with E-state index in [1.165, 1.54) is 0 Å². The van der Waals surface area contributed by atoms with E-state index >= 15 is 0 Å². The van der Waals surface area contributed by atoms with Crippen LogP contribution in [0.15, 0.2) is 77.8 Å². The maximum absolute atomic E-state index is 6.49. The van der Waals surface area contributed by atoms with E-state index in [0.717, 1.165) is 28.2 Å². The molecule has 0 aliphatic rings. The van der Waals surface area contributed by atoms with Gasteiger partial charge in [-0.2, -0.15) is 0 Å². The minimum Gasteiger partial charge on any atom is -0.0837 e. The molecule has 96 valence electrons. The lowest BCUT2D eigenvalue weighted by atomic mass is 9.97. The molecule has 0 atom stereocenters. The third-order valence-corrected chi connectivity index (χ3v) is 3.18. The van der Waals surface area contributed by atoms with Crippen LogP contribution in [0.3, 0.4) is 0 Å². The molecule has 2 aromatic rings. The Labute approximate surface area is 120 Å². The van der Waals surface area contributed by atoms with Gasteiger partial charge in [0.25, 0.3) is 0 Å². The predicted molar refractivity (Wildman–Crippen MR) is 84.2 cm³/mol. The van der Waals surface area contributed by atoms with E-state index < -0.39 is 0 Å². The molecule has 0 aliphatic carbocycles. The Morgan fingerprint density at radius 1 is 0.895 bits per heavy atom. The summed E-state index contributed by atoms with van der Waals surface area (Å²) in [4.78, 5) is 0. The van der Waals surface area contributed by atoms with Gasteiger partial charge in [0, 0.05) is 10.6 Å². The molecule has 0 saturated heterocycles. The zero-order valence-corrected chi connectivity index (χ0v) is 11.8. The number of benzene rings is 2. The molecule has 0 aliphatic heterocycles. The molecule has 0 aromatic heterocycles. The minimum atomic E-state index is 0.777. The Bertz CT molecular complexity index is 524. The molecule has 0 bridgehead atoms. The fourth-order valence-corrected chi connectivity index (χ4v) is 2.26. The van der Waals surface area contributed by atoms with Crippen LogP contribution in [0.2, 0.25) is 0 Å². The second-order valence-corrected chi connectivity index (χ2v) is 4.67. The van der Waals surface area contributed by atoms with E-state index in [0.29, 0.717) is 0 Å². The third kappa shape index (κ3) is 3.59. The highest BCUT2D eigenvalue weighted by atomic mass is 35.5. The van der Waals surface area contributed by atoms with Crippen LogP contribution in [0.5, 0.6) is 0 Å². The van der Waals surface area contributed by atoms with Gasteiger partial charge < -0.3 is 0 Å². The quantitative estimate of drug-likeness (QED) is 0.629. The molecule has 2 aromatic carbocycles. The lowest BCUT2D eigenvalue weighted by Crippen LogP contribution is -1.89. The highest BCUT2D eigenvalue weighted by Crippen LogP contribution is 2.29. The first kappa shape index (κ1) is 13.6. The van der Waals surface area contributed by atoms with Gasteiger partial charge in [-0.25, -0.2) is 0 Å². The maximum Gasteiger partial charge on any atom is 0.0487 e. The Morgan fingerprint density at radius 3 is 1.79 bits per heavy atom. The fourth-order valence-electron chi connectivity index (χ4n) is 1.96. The van der Waals surface area contributed by atoms with Crippen molar-refractivity contribution in [1.29, 1.82) is 0 Å². The van der Waals surface area contributed by atoms with Gasteiger partial charge in [-0.15, -0.1) is 0 Å². The van der Waals surface area contributed by atoms with Crippen molar-refractivity contribution in [2.75, 3.05) is 0 Å². The van der Waals surface area contributed by atoms with Crippen LogP contribution in [0.25, 0.3) is 5.57 Å². The molecule has 1 heteroatoms. The molecule has 0 amide bonds. The SMILES string of the molecule is CCC=CC(Cl)=C(c1ccccc1)c1ccccc1. The summed E-state index contributed by atoms with van der Waals surface area (Å²) < 4.78 is 0. The second-order valence-electron chi connectivity index (χ2n) is 4.27. The third-order valence-electron chi connectivity index (χ3n) is 2.86. The van der Waals surface area contributed by atoms with Gasteiger partial charge >= 0.3 is 0 Å². The van der Waals surface area contributed by atoms with Crippen molar-refractivity contribution in [3.05, 3.63) is 89.0 Å². The van der Waals surface area contributed by atoms with Crippen LogP contribution in [0.4, 0.5) is 0 Å². The number of hydrogen-bond acceptors (Lipinski definition) is 0. The van der Waals surface area contributed by atoms with Crippen LogP contribution in [0.1, 0.15) is 24.5 Å². The molecule has 2 rings (SSSR count). The first-order chi connectivity index (χ1) is 9.33. The van der Waals surface area contributed by atoms with E-state index in [-0.39, 0.29) is 0 Å². The topological polar surface area (TPSA) is 0 Å². The van der Waals surface area contributed by atoms with Crippen molar-refractivity contribution in [2.24, 2.45) is 0 Å². The van der Waals surface area contributed by atoms with Crippen molar-refractivity contribution >= 4 is 17.2 Å².